The Labute approximate surface area is 138 Å². The Bertz CT molecular complexity index is 514. The number of carbonyl (C=O) groups excluding carboxylic acids is 1. The standard InChI is InChI=1S/C18H25ClN2O/c1-14-8-12-21(13-9-14)17(22)18(10-2-3-11-18)20-16-6-4-15(19)5-7-16/h4-7,14,20H,2-3,8-13H2,1H3. The van der Waals surface area contributed by atoms with Crippen LogP contribution in [0.25, 0.3) is 0 Å². The molecule has 1 saturated carbocycles. The summed E-state index contributed by atoms with van der Waals surface area (Å²) in [6, 6.07) is 7.68. The minimum Gasteiger partial charge on any atom is -0.371 e. The molecule has 120 valence electrons. The number of amides is 1. The Hall–Kier alpha value is -1.22. The first-order valence-corrected chi connectivity index (χ1v) is 8.80. The maximum absolute atomic E-state index is 13.1. The average molecular weight is 321 g/mol. The molecule has 0 aromatic heterocycles. The molecule has 2 aliphatic rings. The van der Waals surface area contributed by atoms with Crippen molar-refractivity contribution in [3.05, 3.63) is 29.3 Å². The molecule has 0 atom stereocenters. The number of hydrogen-bond donors (Lipinski definition) is 1. The monoisotopic (exact) mass is 320 g/mol. The molecule has 0 spiro atoms. The number of anilines is 1. The third-order valence-corrected chi connectivity index (χ3v) is 5.42. The number of nitrogens with zero attached hydrogens (tertiary/aromatic N) is 1. The highest BCUT2D eigenvalue weighted by Gasteiger charge is 2.43. The van der Waals surface area contributed by atoms with Crippen LogP contribution in [0.4, 0.5) is 5.69 Å². The fraction of sp³-hybridized carbons (Fsp3) is 0.611. The van der Waals surface area contributed by atoms with Gasteiger partial charge in [0.05, 0.1) is 0 Å². The van der Waals surface area contributed by atoms with Crippen molar-refractivity contribution in [2.75, 3.05) is 18.4 Å². The second-order valence-electron chi connectivity index (χ2n) is 6.90. The van der Waals surface area contributed by atoms with Crippen LogP contribution >= 0.6 is 11.6 Å². The van der Waals surface area contributed by atoms with E-state index in [0.717, 1.165) is 68.2 Å². The second-order valence-corrected chi connectivity index (χ2v) is 7.33. The number of piperidine rings is 1. The van der Waals surface area contributed by atoms with Gasteiger partial charge in [-0.25, -0.2) is 0 Å². The maximum atomic E-state index is 13.1. The molecular weight excluding hydrogens is 296 g/mol. The highest BCUT2D eigenvalue weighted by Crippen LogP contribution is 2.36. The van der Waals surface area contributed by atoms with Gasteiger partial charge in [0.2, 0.25) is 5.91 Å². The molecule has 0 unspecified atom stereocenters. The number of rotatable bonds is 3. The van der Waals surface area contributed by atoms with E-state index in [9.17, 15) is 4.79 Å². The molecular formula is C18H25ClN2O. The van der Waals surface area contributed by atoms with Gasteiger partial charge in [0.25, 0.3) is 0 Å². The van der Waals surface area contributed by atoms with Gasteiger partial charge < -0.3 is 10.2 Å². The maximum Gasteiger partial charge on any atom is 0.248 e. The summed E-state index contributed by atoms with van der Waals surface area (Å²) in [5.74, 6) is 1.04. The van der Waals surface area contributed by atoms with Crippen LogP contribution in [0.1, 0.15) is 45.4 Å². The zero-order valence-electron chi connectivity index (χ0n) is 13.3. The van der Waals surface area contributed by atoms with Gasteiger partial charge in [0.15, 0.2) is 0 Å². The Balaban J connectivity index is 1.76. The summed E-state index contributed by atoms with van der Waals surface area (Å²) >= 11 is 5.96. The normalized spacial score (nSPS) is 21.8. The third kappa shape index (κ3) is 3.24. The van der Waals surface area contributed by atoms with Crippen LogP contribution < -0.4 is 5.32 Å². The largest absolute Gasteiger partial charge is 0.371 e. The number of benzene rings is 1. The number of nitrogens with one attached hydrogen (secondary N) is 1. The molecule has 2 fully saturated rings. The molecule has 1 aromatic rings. The minimum absolute atomic E-state index is 0.298. The predicted molar refractivity (Wildman–Crippen MR) is 91.3 cm³/mol. The van der Waals surface area contributed by atoms with Crippen LogP contribution in [-0.4, -0.2) is 29.4 Å². The highest BCUT2D eigenvalue weighted by atomic mass is 35.5. The summed E-state index contributed by atoms with van der Waals surface area (Å²) in [6.45, 7) is 4.09. The van der Waals surface area contributed by atoms with Crippen LogP contribution in [0.2, 0.25) is 5.02 Å². The van der Waals surface area contributed by atoms with Crippen LogP contribution in [0, 0.1) is 5.92 Å². The topological polar surface area (TPSA) is 32.3 Å². The summed E-state index contributed by atoms with van der Waals surface area (Å²) in [4.78, 5) is 15.2. The smallest absolute Gasteiger partial charge is 0.248 e. The first kappa shape index (κ1) is 15.7. The van der Waals surface area contributed by atoms with Gasteiger partial charge in [0.1, 0.15) is 5.54 Å². The number of likely N-dealkylation sites (tertiary alicyclic amines) is 1. The molecule has 0 bridgehead atoms. The van der Waals surface area contributed by atoms with Gasteiger partial charge in [-0.3, -0.25) is 4.79 Å². The summed E-state index contributed by atoms with van der Waals surface area (Å²) in [5.41, 5.74) is 0.582. The molecule has 3 nitrogen and oxygen atoms in total. The first-order valence-electron chi connectivity index (χ1n) is 8.42. The van der Waals surface area contributed by atoms with Crippen molar-refractivity contribution in [1.29, 1.82) is 0 Å². The quantitative estimate of drug-likeness (QED) is 0.899. The fourth-order valence-corrected chi connectivity index (χ4v) is 3.82. The van der Waals surface area contributed by atoms with Crippen LogP contribution in [0.15, 0.2) is 24.3 Å². The van der Waals surface area contributed by atoms with E-state index in [1.165, 1.54) is 0 Å². The molecule has 22 heavy (non-hydrogen) atoms. The van der Waals surface area contributed by atoms with Crippen LogP contribution in [-0.2, 0) is 4.79 Å². The zero-order valence-corrected chi connectivity index (χ0v) is 14.0. The van der Waals surface area contributed by atoms with Crippen molar-refractivity contribution in [2.24, 2.45) is 5.92 Å². The van der Waals surface area contributed by atoms with Gasteiger partial charge >= 0.3 is 0 Å². The Morgan fingerprint density at radius 1 is 1.18 bits per heavy atom. The van der Waals surface area contributed by atoms with Gasteiger partial charge in [-0.15, -0.1) is 0 Å². The number of halogens is 1. The molecule has 0 radical (unpaired) electrons. The Morgan fingerprint density at radius 2 is 1.77 bits per heavy atom. The lowest BCUT2D eigenvalue weighted by Gasteiger charge is -2.38. The van der Waals surface area contributed by atoms with E-state index in [1.54, 1.807) is 0 Å². The predicted octanol–water partition coefficient (Wildman–Crippen LogP) is 4.32. The van der Waals surface area contributed by atoms with E-state index in [4.69, 9.17) is 11.6 Å². The molecule has 4 heteroatoms. The Morgan fingerprint density at radius 3 is 2.36 bits per heavy atom. The molecule has 1 saturated heterocycles. The van der Waals surface area contributed by atoms with Gasteiger partial charge in [-0.05, 0) is 55.9 Å². The molecule has 1 aliphatic heterocycles. The lowest BCUT2D eigenvalue weighted by Crippen LogP contribution is -2.54. The van der Waals surface area contributed by atoms with Crippen molar-refractivity contribution in [3.8, 4) is 0 Å². The Kier molecular flexibility index (Phi) is 4.62. The van der Waals surface area contributed by atoms with E-state index < -0.39 is 5.54 Å². The van der Waals surface area contributed by atoms with E-state index in [-0.39, 0.29) is 0 Å². The van der Waals surface area contributed by atoms with E-state index >= 15 is 0 Å². The average Bonchev–Trinajstić information content (AvgIpc) is 2.99. The number of hydrogen-bond acceptors (Lipinski definition) is 2. The minimum atomic E-state index is -0.408. The van der Waals surface area contributed by atoms with Crippen molar-refractivity contribution in [2.45, 2.75) is 51.0 Å². The second kappa shape index (κ2) is 6.49. The molecule has 1 heterocycles. The SMILES string of the molecule is CC1CCN(C(=O)C2(Nc3ccc(Cl)cc3)CCCC2)CC1. The molecule has 3 rings (SSSR count). The van der Waals surface area contributed by atoms with Crippen molar-refractivity contribution >= 4 is 23.2 Å². The van der Waals surface area contributed by atoms with E-state index in [1.807, 2.05) is 24.3 Å². The zero-order chi connectivity index (χ0) is 15.6. The van der Waals surface area contributed by atoms with Crippen molar-refractivity contribution < 1.29 is 4.79 Å². The first-order chi connectivity index (χ1) is 10.6. The highest BCUT2D eigenvalue weighted by molar-refractivity contribution is 6.30. The van der Waals surface area contributed by atoms with Gasteiger partial charge in [-0.2, -0.15) is 0 Å². The molecule has 1 N–H and O–H groups in total. The van der Waals surface area contributed by atoms with Crippen molar-refractivity contribution in [3.63, 3.8) is 0 Å². The summed E-state index contributed by atoms with van der Waals surface area (Å²) in [5, 5.41) is 4.26. The number of carbonyl (C=O) groups is 1. The molecule has 1 aliphatic carbocycles. The molecule has 1 amide bonds. The van der Waals surface area contributed by atoms with Gasteiger partial charge in [-0.1, -0.05) is 31.4 Å². The van der Waals surface area contributed by atoms with Gasteiger partial charge in [0, 0.05) is 23.8 Å². The fourth-order valence-electron chi connectivity index (χ4n) is 3.69. The summed E-state index contributed by atoms with van der Waals surface area (Å²) < 4.78 is 0. The lowest BCUT2D eigenvalue weighted by atomic mass is 9.92. The third-order valence-electron chi connectivity index (χ3n) is 5.17. The van der Waals surface area contributed by atoms with Crippen LogP contribution in [0.5, 0.6) is 0 Å². The van der Waals surface area contributed by atoms with E-state index in [0.29, 0.717) is 5.91 Å². The lowest BCUT2D eigenvalue weighted by molar-refractivity contribution is -0.137. The molecule has 1 aromatic carbocycles. The van der Waals surface area contributed by atoms with Crippen molar-refractivity contribution in [1.82, 2.24) is 4.90 Å². The summed E-state index contributed by atoms with van der Waals surface area (Å²) in [6.07, 6.45) is 6.36. The van der Waals surface area contributed by atoms with Crippen LogP contribution in [0.3, 0.4) is 0 Å². The van der Waals surface area contributed by atoms with E-state index in [2.05, 4.69) is 17.1 Å². The summed E-state index contributed by atoms with van der Waals surface area (Å²) in [7, 11) is 0.